The molecule has 4 aliphatic rings. The number of hydrogen-bond acceptors (Lipinski definition) is 4. The van der Waals surface area contributed by atoms with Crippen LogP contribution in [-0.2, 0) is 22.7 Å². The van der Waals surface area contributed by atoms with Crippen molar-refractivity contribution in [2.45, 2.75) is 13.1 Å². The van der Waals surface area contributed by atoms with Crippen LogP contribution in [0.4, 0.5) is 34.1 Å². The van der Waals surface area contributed by atoms with E-state index in [1.54, 1.807) is 0 Å². The lowest BCUT2D eigenvalue weighted by Crippen LogP contribution is -2.23. The Kier molecular flexibility index (Phi) is 8.18. The fraction of sp³-hybridized carbons (Fsp3) is 0.0357. The highest BCUT2D eigenvalue weighted by Gasteiger charge is 2.53. The maximum atomic E-state index is 14.5. The summed E-state index contributed by atoms with van der Waals surface area (Å²) in [7, 11) is 0. The summed E-state index contributed by atoms with van der Waals surface area (Å²) in [6, 6.07) is 71.4. The molecule has 6 nitrogen and oxygen atoms in total. The fourth-order valence-electron chi connectivity index (χ4n) is 9.68. The number of fused-ring (bicyclic) bond motifs is 7. The zero-order valence-electron chi connectivity index (χ0n) is 33.6. The van der Waals surface area contributed by atoms with Crippen LogP contribution in [0.25, 0.3) is 33.6 Å². The first kappa shape index (κ1) is 35.7. The zero-order chi connectivity index (χ0) is 41.3. The molecule has 0 atom stereocenters. The molecule has 0 saturated carbocycles. The third kappa shape index (κ3) is 5.65. The summed E-state index contributed by atoms with van der Waals surface area (Å²) in [6.07, 6.45) is 0. The van der Waals surface area contributed by atoms with Gasteiger partial charge in [0.15, 0.2) is 0 Å². The number of nitrogens with zero attached hydrogens (tertiary/aromatic N) is 4. The SMILES string of the molecule is O=C1C2=C3c4ccc(N(c5ccccc5)c5ccc(-c6ccccc6)cc5)cc4CN3C(=O)C2=C2c3ccc(N(c4ccccc4)c4ccc(-c5ccccc5)cc4)cc3CN12. The molecule has 0 radical (unpaired) electrons. The van der Waals surface area contributed by atoms with Gasteiger partial charge in [-0.25, -0.2) is 0 Å². The van der Waals surface area contributed by atoms with E-state index in [0.717, 1.165) is 78.9 Å². The predicted octanol–water partition coefficient (Wildman–Crippen LogP) is 12.8. The molecule has 8 aromatic rings. The molecule has 0 fully saturated rings. The summed E-state index contributed by atoms with van der Waals surface area (Å²) in [6.45, 7) is 0.808. The standard InChI is InChI=1S/C56H38N4O2/c61-55-52-51(53-49-31-29-47(33-41(49)35-57(53)55)59(43-17-9-3-10-18-43)45-25-21-39(22-26-45)37-13-5-1-6-14-37)56(62)58-36-42-34-48(30-32-50(42)54(52)58)60(44-19-11-4-12-20-44)46-27-23-40(24-28-46)38-15-7-2-8-16-38/h1-34H,35-36H2. The molecule has 0 N–H and O–H groups in total. The molecule has 294 valence electrons. The summed E-state index contributed by atoms with van der Waals surface area (Å²) >= 11 is 0. The first-order valence-electron chi connectivity index (χ1n) is 21.0. The molecule has 8 aromatic carbocycles. The van der Waals surface area contributed by atoms with Gasteiger partial charge in [-0.05, 0) is 106 Å². The average molecular weight is 799 g/mol. The Hall–Kier alpha value is -8.22. The number of hydrogen-bond donors (Lipinski definition) is 0. The largest absolute Gasteiger partial charge is 0.310 e. The van der Waals surface area contributed by atoms with Crippen molar-refractivity contribution in [3.8, 4) is 22.3 Å². The normalized spacial score (nSPS) is 14.5. The molecule has 6 heteroatoms. The molecule has 0 aliphatic carbocycles. The van der Waals surface area contributed by atoms with Crippen molar-refractivity contribution in [1.29, 1.82) is 0 Å². The van der Waals surface area contributed by atoms with Gasteiger partial charge < -0.3 is 19.6 Å². The minimum Gasteiger partial charge on any atom is -0.310 e. The summed E-state index contributed by atoms with van der Waals surface area (Å²) in [5.41, 5.74) is 17.1. The van der Waals surface area contributed by atoms with Crippen molar-refractivity contribution < 1.29 is 9.59 Å². The van der Waals surface area contributed by atoms with Gasteiger partial charge in [0.05, 0.1) is 35.6 Å². The van der Waals surface area contributed by atoms with Crippen molar-refractivity contribution in [2.24, 2.45) is 0 Å². The zero-order valence-corrected chi connectivity index (χ0v) is 33.6. The number of carbonyl (C=O) groups is 2. The van der Waals surface area contributed by atoms with Crippen molar-refractivity contribution in [3.05, 3.63) is 240 Å². The van der Waals surface area contributed by atoms with Crippen LogP contribution in [-0.4, -0.2) is 21.6 Å². The van der Waals surface area contributed by atoms with E-state index >= 15 is 0 Å². The number of anilines is 6. The second-order valence-corrected chi connectivity index (χ2v) is 16.1. The molecule has 0 unspecified atom stereocenters. The number of benzene rings is 8. The minimum atomic E-state index is -0.114. The lowest BCUT2D eigenvalue weighted by Gasteiger charge is -2.26. The van der Waals surface area contributed by atoms with Crippen LogP contribution in [0.5, 0.6) is 0 Å². The van der Waals surface area contributed by atoms with Crippen LogP contribution in [0.3, 0.4) is 0 Å². The van der Waals surface area contributed by atoms with E-state index < -0.39 is 0 Å². The summed E-state index contributed by atoms with van der Waals surface area (Å²) in [5, 5.41) is 0. The predicted molar refractivity (Wildman–Crippen MR) is 248 cm³/mol. The maximum absolute atomic E-state index is 14.5. The van der Waals surface area contributed by atoms with Gasteiger partial charge in [0.1, 0.15) is 0 Å². The topological polar surface area (TPSA) is 47.1 Å². The van der Waals surface area contributed by atoms with Crippen LogP contribution in [0.15, 0.2) is 217 Å². The summed E-state index contributed by atoms with van der Waals surface area (Å²) < 4.78 is 0. The van der Waals surface area contributed by atoms with E-state index in [4.69, 9.17) is 0 Å². The number of rotatable bonds is 8. The van der Waals surface area contributed by atoms with E-state index in [9.17, 15) is 9.59 Å². The van der Waals surface area contributed by atoms with Crippen LogP contribution in [0.2, 0.25) is 0 Å². The van der Waals surface area contributed by atoms with Gasteiger partial charge in [-0.2, -0.15) is 0 Å². The quantitative estimate of drug-likeness (QED) is 0.154. The van der Waals surface area contributed by atoms with E-state index in [0.29, 0.717) is 24.2 Å². The van der Waals surface area contributed by atoms with E-state index in [1.165, 1.54) is 11.1 Å². The van der Waals surface area contributed by atoms with Crippen LogP contribution in [0, 0.1) is 0 Å². The van der Waals surface area contributed by atoms with Gasteiger partial charge in [-0.1, -0.05) is 133 Å². The molecule has 0 aromatic heterocycles. The first-order valence-corrected chi connectivity index (χ1v) is 21.0. The molecule has 0 saturated heterocycles. The summed E-state index contributed by atoms with van der Waals surface area (Å²) in [4.78, 5) is 37.2. The number of amides is 2. The van der Waals surface area contributed by atoms with Crippen molar-refractivity contribution >= 4 is 57.3 Å². The monoisotopic (exact) mass is 798 g/mol. The molecule has 0 spiro atoms. The van der Waals surface area contributed by atoms with Gasteiger partial charge in [-0.15, -0.1) is 0 Å². The van der Waals surface area contributed by atoms with Gasteiger partial charge in [0, 0.05) is 45.3 Å². The maximum Gasteiger partial charge on any atom is 0.261 e. The second-order valence-electron chi connectivity index (χ2n) is 16.1. The van der Waals surface area contributed by atoms with Gasteiger partial charge in [0.2, 0.25) is 0 Å². The Morgan fingerprint density at radius 1 is 0.323 bits per heavy atom. The smallest absolute Gasteiger partial charge is 0.261 e. The first-order chi connectivity index (χ1) is 30.6. The average Bonchev–Trinajstić information content (AvgIpc) is 4.05. The molecule has 4 heterocycles. The molecule has 0 bridgehead atoms. The third-order valence-corrected chi connectivity index (χ3v) is 12.5. The number of para-hydroxylation sites is 2. The molecule has 4 aliphatic heterocycles. The van der Waals surface area contributed by atoms with Crippen LogP contribution >= 0.6 is 0 Å². The van der Waals surface area contributed by atoms with Crippen molar-refractivity contribution in [2.75, 3.05) is 9.80 Å². The highest BCUT2D eigenvalue weighted by Crippen LogP contribution is 2.54. The van der Waals surface area contributed by atoms with Crippen LogP contribution < -0.4 is 9.80 Å². The third-order valence-electron chi connectivity index (χ3n) is 12.5. The van der Waals surface area contributed by atoms with Gasteiger partial charge >= 0.3 is 0 Å². The Labute approximate surface area is 360 Å². The fourth-order valence-corrected chi connectivity index (χ4v) is 9.68. The molecule has 12 rings (SSSR count). The molecular weight excluding hydrogens is 761 g/mol. The van der Waals surface area contributed by atoms with E-state index in [1.807, 2.05) is 58.3 Å². The Balaban J connectivity index is 0.896. The van der Waals surface area contributed by atoms with E-state index in [-0.39, 0.29) is 11.8 Å². The van der Waals surface area contributed by atoms with Crippen molar-refractivity contribution in [3.63, 3.8) is 0 Å². The highest BCUT2D eigenvalue weighted by molar-refractivity contribution is 6.31. The lowest BCUT2D eigenvalue weighted by atomic mass is 9.97. The molecular formula is C56H38N4O2. The number of carbonyl (C=O) groups excluding carboxylic acids is 2. The highest BCUT2D eigenvalue weighted by atomic mass is 16.2. The Morgan fingerprint density at radius 2 is 0.629 bits per heavy atom. The Bertz CT molecular complexity index is 2930. The molecule has 2 amide bonds. The van der Waals surface area contributed by atoms with Crippen molar-refractivity contribution in [1.82, 2.24) is 9.80 Å². The second kappa shape index (κ2) is 14.2. The molecule has 62 heavy (non-hydrogen) atoms. The minimum absolute atomic E-state index is 0.114. The summed E-state index contributed by atoms with van der Waals surface area (Å²) in [5.74, 6) is -0.229. The lowest BCUT2D eigenvalue weighted by molar-refractivity contribution is -0.124. The van der Waals surface area contributed by atoms with Crippen LogP contribution in [0.1, 0.15) is 22.3 Å². The Morgan fingerprint density at radius 3 is 1.00 bits per heavy atom. The van der Waals surface area contributed by atoms with Gasteiger partial charge in [0.25, 0.3) is 11.8 Å². The van der Waals surface area contributed by atoms with Gasteiger partial charge in [-0.3, -0.25) is 9.59 Å². The van der Waals surface area contributed by atoms with E-state index in [2.05, 4.69) is 168 Å².